The van der Waals surface area contributed by atoms with Crippen molar-refractivity contribution >= 4 is 29.3 Å². The van der Waals surface area contributed by atoms with E-state index in [-0.39, 0.29) is 12.3 Å². The average molecular weight is 355 g/mol. The number of hydrogen-bond acceptors (Lipinski definition) is 5. The molecule has 7 heteroatoms. The maximum Gasteiger partial charge on any atom is 0.357 e. The highest BCUT2D eigenvalue weighted by Crippen LogP contribution is 2.15. The van der Waals surface area contributed by atoms with Gasteiger partial charge in [0.05, 0.1) is 0 Å². The quantitative estimate of drug-likeness (QED) is 0.519. The van der Waals surface area contributed by atoms with Gasteiger partial charge in [-0.2, -0.15) is 4.68 Å². The summed E-state index contributed by atoms with van der Waals surface area (Å²) in [4.78, 5) is 12.6. The summed E-state index contributed by atoms with van der Waals surface area (Å²) in [7, 11) is 0. The number of tetrazole rings is 1. The predicted octanol–water partition coefficient (Wildman–Crippen LogP) is 3.38. The predicted molar refractivity (Wildman–Crippen MR) is 94.4 cm³/mol. The zero-order valence-electron chi connectivity index (χ0n) is 13.5. The summed E-state index contributed by atoms with van der Waals surface area (Å²) in [6, 6.07) is 16.5. The number of esters is 1. The third kappa shape index (κ3) is 4.30. The lowest BCUT2D eigenvalue weighted by molar-refractivity contribution is -0.138. The molecule has 126 valence electrons. The zero-order valence-corrected chi connectivity index (χ0v) is 14.2. The summed E-state index contributed by atoms with van der Waals surface area (Å²) in [5.41, 5.74) is 1.92. The lowest BCUT2D eigenvalue weighted by atomic mass is 10.2. The molecular weight excluding hydrogens is 340 g/mol. The van der Waals surface area contributed by atoms with Gasteiger partial charge in [-0.15, -0.1) is 5.10 Å². The van der Waals surface area contributed by atoms with Crippen molar-refractivity contribution in [3.63, 3.8) is 0 Å². The second kappa shape index (κ2) is 7.72. The van der Waals surface area contributed by atoms with Crippen molar-refractivity contribution < 1.29 is 9.53 Å². The molecular formula is C18H15ClN4O2. The standard InChI is InChI=1S/C18H15ClN4O2/c1-13-20-21-22-23(13)17(11-14-5-3-2-4-6-14)18(24)25-12-15-7-9-16(19)10-8-15/h2-11H,12H2,1H3/b17-11-. The van der Waals surface area contributed by atoms with Gasteiger partial charge in [0, 0.05) is 5.02 Å². The summed E-state index contributed by atoms with van der Waals surface area (Å²) in [6.45, 7) is 1.84. The van der Waals surface area contributed by atoms with Crippen molar-refractivity contribution in [1.29, 1.82) is 0 Å². The van der Waals surface area contributed by atoms with E-state index in [1.165, 1.54) is 4.68 Å². The van der Waals surface area contributed by atoms with Gasteiger partial charge in [0.25, 0.3) is 0 Å². The van der Waals surface area contributed by atoms with E-state index in [4.69, 9.17) is 16.3 Å². The van der Waals surface area contributed by atoms with Crippen molar-refractivity contribution in [2.24, 2.45) is 0 Å². The van der Waals surface area contributed by atoms with E-state index in [2.05, 4.69) is 15.5 Å². The third-order valence-corrected chi connectivity index (χ3v) is 3.70. The molecule has 0 radical (unpaired) electrons. The smallest absolute Gasteiger partial charge is 0.357 e. The van der Waals surface area contributed by atoms with Gasteiger partial charge >= 0.3 is 5.97 Å². The van der Waals surface area contributed by atoms with Crippen LogP contribution in [0.3, 0.4) is 0 Å². The Kier molecular flexibility index (Phi) is 5.20. The van der Waals surface area contributed by atoms with E-state index in [1.807, 2.05) is 30.3 Å². The first-order valence-electron chi connectivity index (χ1n) is 7.57. The first-order valence-corrected chi connectivity index (χ1v) is 7.95. The molecule has 0 atom stereocenters. The minimum atomic E-state index is -0.519. The number of carbonyl (C=O) groups excluding carboxylic acids is 1. The van der Waals surface area contributed by atoms with Gasteiger partial charge in [0.2, 0.25) is 0 Å². The van der Waals surface area contributed by atoms with E-state index in [9.17, 15) is 4.79 Å². The number of aromatic nitrogens is 4. The van der Waals surface area contributed by atoms with Gasteiger partial charge in [-0.1, -0.05) is 54.1 Å². The molecule has 0 saturated heterocycles. The van der Waals surface area contributed by atoms with Gasteiger partial charge in [0.15, 0.2) is 11.5 Å². The topological polar surface area (TPSA) is 69.9 Å². The number of carbonyl (C=O) groups is 1. The summed E-state index contributed by atoms with van der Waals surface area (Å²) in [6.07, 6.45) is 1.69. The second-order valence-corrected chi connectivity index (χ2v) is 5.72. The van der Waals surface area contributed by atoms with E-state index < -0.39 is 5.97 Å². The SMILES string of the molecule is Cc1nnnn1/C(=C\c1ccccc1)C(=O)OCc1ccc(Cl)cc1. The second-order valence-electron chi connectivity index (χ2n) is 5.28. The number of benzene rings is 2. The van der Waals surface area contributed by atoms with Crippen molar-refractivity contribution in [2.45, 2.75) is 13.5 Å². The lowest BCUT2D eigenvalue weighted by Gasteiger charge is -2.09. The van der Waals surface area contributed by atoms with Crippen LogP contribution in [0.25, 0.3) is 11.8 Å². The molecule has 3 rings (SSSR count). The fraction of sp³-hybridized carbons (Fsp3) is 0.111. The molecule has 0 fully saturated rings. The Morgan fingerprint density at radius 1 is 1.16 bits per heavy atom. The van der Waals surface area contributed by atoms with Crippen LogP contribution in [-0.4, -0.2) is 26.2 Å². The van der Waals surface area contributed by atoms with Crippen LogP contribution in [0.15, 0.2) is 54.6 Å². The van der Waals surface area contributed by atoms with E-state index in [1.54, 1.807) is 37.3 Å². The Bertz CT molecular complexity index is 889. The number of aryl methyl sites for hydroxylation is 1. The monoisotopic (exact) mass is 354 g/mol. The van der Waals surface area contributed by atoms with Crippen LogP contribution in [0, 0.1) is 6.92 Å². The van der Waals surface area contributed by atoms with Crippen molar-refractivity contribution in [3.8, 4) is 0 Å². The molecule has 25 heavy (non-hydrogen) atoms. The molecule has 0 amide bonds. The maximum absolute atomic E-state index is 12.6. The molecule has 1 aromatic heterocycles. The van der Waals surface area contributed by atoms with Gasteiger partial charge in [-0.25, -0.2) is 4.79 Å². The third-order valence-electron chi connectivity index (χ3n) is 3.45. The fourth-order valence-corrected chi connectivity index (χ4v) is 2.30. The normalized spacial score (nSPS) is 11.4. The molecule has 0 bridgehead atoms. The van der Waals surface area contributed by atoms with Crippen molar-refractivity contribution in [3.05, 3.63) is 76.6 Å². The first-order chi connectivity index (χ1) is 12.1. The molecule has 0 aliphatic heterocycles. The summed E-state index contributed by atoms with van der Waals surface area (Å²) < 4.78 is 6.77. The molecule has 1 heterocycles. The van der Waals surface area contributed by atoms with Crippen LogP contribution in [0.5, 0.6) is 0 Å². The maximum atomic E-state index is 12.6. The van der Waals surface area contributed by atoms with E-state index >= 15 is 0 Å². The number of nitrogens with zero attached hydrogens (tertiary/aromatic N) is 4. The van der Waals surface area contributed by atoms with Gasteiger partial charge in [-0.3, -0.25) is 0 Å². The molecule has 0 aliphatic rings. The van der Waals surface area contributed by atoms with Crippen LogP contribution in [0.4, 0.5) is 0 Å². The van der Waals surface area contributed by atoms with Crippen LogP contribution in [0.2, 0.25) is 5.02 Å². The highest BCUT2D eigenvalue weighted by Gasteiger charge is 2.17. The number of rotatable bonds is 5. The summed E-state index contributed by atoms with van der Waals surface area (Å²) >= 11 is 5.86. The fourth-order valence-electron chi connectivity index (χ4n) is 2.17. The highest BCUT2D eigenvalue weighted by atomic mass is 35.5. The molecule has 0 saturated carbocycles. The Balaban J connectivity index is 1.84. The Morgan fingerprint density at radius 3 is 2.52 bits per heavy atom. The van der Waals surface area contributed by atoms with Crippen LogP contribution < -0.4 is 0 Å². The molecule has 0 aliphatic carbocycles. The molecule has 0 spiro atoms. The van der Waals surface area contributed by atoms with Crippen LogP contribution in [-0.2, 0) is 16.1 Å². The average Bonchev–Trinajstić information content (AvgIpc) is 3.05. The van der Waals surface area contributed by atoms with Crippen molar-refractivity contribution in [2.75, 3.05) is 0 Å². The minimum Gasteiger partial charge on any atom is -0.456 e. The number of halogens is 1. The largest absolute Gasteiger partial charge is 0.456 e. The van der Waals surface area contributed by atoms with Gasteiger partial charge in [0.1, 0.15) is 6.61 Å². The number of ether oxygens (including phenoxy) is 1. The molecule has 0 N–H and O–H groups in total. The zero-order chi connectivity index (χ0) is 17.6. The van der Waals surface area contributed by atoms with E-state index in [0.717, 1.165) is 11.1 Å². The van der Waals surface area contributed by atoms with Gasteiger partial charge in [-0.05, 0) is 46.7 Å². The van der Waals surface area contributed by atoms with Crippen LogP contribution in [0.1, 0.15) is 17.0 Å². The summed E-state index contributed by atoms with van der Waals surface area (Å²) in [5.74, 6) is -0.0279. The van der Waals surface area contributed by atoms with Gasteiger partial charge < -0.3 is 4.74 Å². The van der Waals surface area contributed by atoms with Crippen molar-refractivity contribution in [1.82, 2.24) is 20.2 Å². The minimum absolute atomic E-state index is 0.128. The lowest BCUT2D eigenvalue weighted by Crippen LogP contribution is -2.15. The molecule has 0 unspecified atom stereocenters. The molecule has 2 aromatic carbocycles. The first kappa shape index (κ1) is 16.9. The molecule has 6 nitrogen and oxygen atoms in total. The molecule has 3 aromatic rings. The Labute approximate surface area is 149 Å². The number of hydrogen-bond donors (Lipinski definition) is 0. The van der Waals surface area contributed by atoms with E-state index in [0.29, 0.717) is 10.8 Å². The summed E-state index contributed by atoms with van der Waals surface area (Å²) in [5, 5.41) is 11.9. The van der Waals surface area contributed by atoms with Crippen LogP contribution >= 0.6 is 11.6 Å². The Hall–Kier alpha value is -2.99. The highest BCUT2D eigenvalue weighted by molar-refractivity contribution is 6.30. The Morgan fingerprint density at radius 2 is 1.88 bits per heavy atom.